The van der Waals surface area contributed by atoms with E-state index in [9.17, 15) is 0 Å². The molecule has 0 aliphatic heterocycles. The van der Waals surface area contributed by atoms with Crippen molar-refractivity contribution in [1.29, 1.82) is 0 Å². The quantitative estimate of drug-likeness (QED) is 0.493. The molecular formula is C18H18N8OS. The van der Waals surface area contributed by atoms with Crippen LogP contribution in [0.15, 0.2) is 58.3 Å². The number of nitrogens with zero attached hydrogens (tertiary/aromatic N) is 7. The number of hydrogen-bond acceptors (Lipinski definition) is 9. The zero-order chi connectivity index (χ0) is 19.5. The highest BCUT2D eigenvalue weighted by Gasteiger charge is 2.18. The lowest BCUT2D eigenvalue weighted by molar-refractivity contribution is 0.575. The average molecular weight is 394 g/mol. The molecule has 0 aliphatic rings. The minimum atomic E-state index is 0.190. The zero-order valence-electron chi connectivity index (χ0n) is 15.4. The zero-order valence-corrected chi connectivity index (χ0v) is 16.2. The Kier molecular flexibility index (Phi) is 4.94. The standard InChI is InChI=1S/C18H18N8OS/c1-25(2)17-21-14(20-16(19)22-17)11-28-18-24-23-15(13-9-6-10-27-13)26(18)12-7-4-3-5-8-12/h3-10H,11H2,1-2H3,(H2,19,20,21,22). The molecule has 10 heteroatoms. The average Bonchev–Trinajstić information content (AvgIpc) is 3.36. The fourth-order valence-corrected chi connectivity index (χ4v) is 3.36. The van der Waals surface area contributed by atoms with Crippen LogP contribution in [0.2, 0.25) is 0 Å². The fourth-order valence-electron chi connectivity index (χ4n) is 2.56. The van der Waals surface area contributed by atoms with Gasteiger partial charge in [-0.1, -0.05) is 30.0 Å². The van der Waals surface area contributed by atoms with Gasteiger partial charge in [0.2, 0.25) is 17.7 Å². The first-order valence-corrected chi connectivity index (χ1v) is 9.45. The van der Waals surface area contributed by atoms with Crippen LogP contribution in [0.3, 0.4) is 0 Å². The fraction of sp³-hybridized carbons (Fsp3) is 0.167. The van der Waals surface area contributed by atoms with Crippen LogP contribution >= 0.6 is 11.8 Å². The van der Waals surface area contributed by atoms with E-state index in [1.807, 2.05) is 61.1 Å². The number of para-hydroxylation sites is 1. The van der Waals surface area contributed by atoms with E-state index in [1.54, 1.807) is 11.2 Å². The monoisotopic (exact) mass is 394 g/mol. The molecule has 0 aliphatic carbocycles. The first-order valence-electron chi connectivity index (χ1n) is 8.47. The molecule has 4 rings (SSSR count). The van der Waals surface area contributed by atoms with Gasteiger partial charge in [-0.2, -0.15) is 15.0 Å². The summed E-state index contributed by atoms with van der Waals surface area (Å²) in [4.78, 5) is 14.6. The Bertz CT molecular complexity index is 1060. The van der Waals surface area contributed by atoms with E-state index in [1.165, 1.54) is 11.8 Å². The van der Waals surface area contributed by atoms with Gasteiger partial charge < -0.3 is 15.1 Å². The van der Waals surface area contributed by atoms with E-state index in [4.69, 9.17) is 10.2 Å². The summed E-state index contributed by atoms with van der Waals surface area (Å²) >= 11 is 1.46. The van der Waals surface area contributed by atoms with Gasteiger partial charge >= 0.3 is 0 Å². The Balaban J connectivity index is 1.67. The minimum Gasteiger partial charge on any atom is -0.461 e. The summed E-state index contributed by atoms with van der Waals surface area (Å²) in [6, 6.07) is 13.5. The third-order valence-electron chi connectivity index (χ3n) is 3.81. The maximum absolute atomic E-state index is 5.81. The number of rotatable bonds is 6. The van der Waals surface area contributed by atoms with Crippen molar-refractivity contribution in [2.75, 3.05) is 24.7 Å². The van der Waals surface area contributed by atoms with Crippen LogP contribution in [0.1, 0.15) is 5.82 Å². The second-order valence-corrected chi connectivity index (χ2v) is 6.99. The summed E-state index contributed by atoms with van der Waals surface area (Å²) in [6.07, 6.45) is 1.61. The second-order valence-electron chi connectivity index (χ2n) is 6.05. The van der Waals surface area contributed by atoms with Crippen molar-refractivity contribution < 1.29 is 4.42 Å². The van der Waals surface area contributed by atoms with Crippen molar-refractivity contribution >= 4 is 23.7 Å². The van der Waals surface area contributed by atoms with Crippen LogP contribution in [0.5, 0.6) is 0 Å². The molecule has 0 unspecified atom stereocenters. The van der Waals surface area contributed by atoms with Crippen molar-refractivity contribution in [3.8, 4) is 17.3 Å². The smallest absolute Gasteiger partial charge is 0.229 e. The van der Waals surface area contributed by atoms with Crippen molar-refractivity contribution in [2.45, 2.75) is 10.9 Å². The third kappa shape index (κ3) is 3.67. The highest BCUT2D eigenvalue weighted by molar-refractivity contribution is 7.98. The molecule has 1 aromatic carbocycles. The molecule has 9 nitrogen and oxygen atoms in total. The molecule has 142 valence electrons. The highest BCUT2D eigenvalue weighted by atomic mass is 32.2. The van der Waals surface area contributed by atoms with Gasteiger partial charge in [0.25, 0.3) is 0 Å². The van der Waals surface area contributed by atoms with E-state index < -0.39 is 0 Å². The van der Waals surface area contributed by atoms with Crippen molar-refractivity contribution in [1.82, 2.24) is 29.7 Å². The summed E-state index contributed by atoms with van der Waals surface area (Å²) < 4.78 is 7.47. The number of hydrogen-bond donors (Lipinski definition) is 1. The van der Waals surface area contributed by atoms with Crippen LogP contribution in [0.4, 0.5) is 11.9 Å². The number of aromatic nitrogens is 6. The lowest BCUT2D eigenvalue weighted by atomic mass is 10.3. The Hall–Kier alpha value is -3.40. The molecule has 0 saturated carbocycles. The Morgan fingerprint density at radius 1 is 1.04 bits per heavy atom. The lowest BCUT2D eigenvalue weighted by Gasteiger charge is -2.11. The SMILES string of the molecule is CN(C)c1nc(N)nc(CSc2nnc(-c3ccco3)n2-c2ccccc2)n1. The normalized spacial score (nSPS) is 10.9. The molecule has 0 bridgehead atoms. The summed E-state index contributed by atoms with van der Waals surface area (Å²) in [7, 11) is 3.71. The van der Waals surface area contributed by atoms with E-state index >= 15 is 0 Å². The first kappa shape index (κ1) is 18.0. The molecule has 0 saturated heterocycles. The molecule has 4 aromatic rings. The van der Waals surface area contributed by atoms with Crippen LogP contribution in [0, 0.1) is 0 Å². The summed E-state index contributed by atoms with van der Waals surface area (Å²) in [5, 5.41) is 9.37. The molecule has 0 amide bonds. The van der Waals surface area contributed by atoms with E-state index in [-0.39, 0.29) is 5.95 Å². The van der Waals surface area contributed by atoms with Gasteiger partial charge in [0.15, 0.2) is 10.9 Å². The number of anilines is 2. The molecule has 3 heterocycles. The van der Waals surface area contributed by atoms with Crippen molar-refractivity contribution in [2.24, 2.45) is 0 Å². The molecule has 0 radical (unpaired) electrons. The summed E-state index contributed by atoms with van der Waals surface area (Å²) in [5.74, 6) is 3.02. The lowest BCUT2D eigenvalue weighted by Crippen LogP contribution is -2.16. The summed E-state index contributed by atoms with van der Waals surface area (Å²) in [5.41, 5.74) is 6.75. The number of furan rings is 1. The van der Waals surface area contributed by atoms with Gasteiger partial charge in [0.05, 0.1) is 12.0 Å². The second kappa shape index (κ2) is 7.69. The maximum Gasteiger partial charge on any atom is 0.229 e. The predicted octanol–water partition coefficient (Wildman–Crippen LogP) is 2.65. The number of nitrogens with two attached hydrogens (primary N) is 1. The van der Waals surface area contributed by atoms with Crippen LogP contribution in [-0.4, -0.2) is 43.8 Å². The predicted molar refractivity (Wildman–Crippen MR) is 107 cm³/mol. The van der Waals surface area contributed by atoms with Crippen molar-refractivity contribution in [3.05, 3.63) is 54.6 Å². The summed E-state index contributed by atoms with van der Waals surface area (Å²) in [6.45, 7) is 0. The minimum absolute atomic E-state index is 0.190. The molecule has 0 atom stereocenters. The number of nitrogen functional groups attached to an aromatic ring is 1. The third-order valence-corrected chi connectivity index (χ3v) is 4.73. The first-order chi connectivity index (χ1) is 13.6. The van der Waals surface area contributed by atoms with Crippen molar-refractivity contribution in [3.63, 3.8) is 0 Å². The Morgan fingerprint density at radius 2 is 1.86 bits per heavy atom. The van der Waals surface area contributed by atoms with Gasteiger partial charge in [-0.15, -0.1) is 10.2 Å². The van der Waals surface area contributed by atoms with Gasteiger partial charge in [-0.3, -0.25) is 4.57 Å². The molecule has 0 spiro atoms. The molecule has 2 N–H and O–H groups in total. The highest BCUT2D eigenvalue weighted by Crippen LogP contribution is 2.29. The Morgan fingerprint density at radius 3 is 2.57 bits per heavy atom. The van der Waals surface area contributed by atoms with Gasteiger partial charge in [-0.05, 0) is 24.3 Å². The van der Waals surface area contributed by atoms with Crippen LogP contribution in [-0.2, 0) is 5.75 Å². The molecular weight excluding hydrogens is 376 g/mol. The van der Waals surface area contributed by atoms with E-state index in [0.29, 0.717) is 34.3 Å². The number of thioether (sulfide) groups is 1. The maximum atomic E-state index is 5.81. The van der Waals surface area contributed by atoms with E-state index in [0.717, 1.165) is 5.69 Å². The van der Waals surface area contributed by atoms with Gasteiger partial charge in [-0.25, -0.2) is 0 Å². The molecule has 3 aromatic heterocycles. The molecule has 0 fully saturated rings. The Labute approximate surface area is 165 Å². The van der Waals surface area contributed by atoms with E-state index in [2.05, 4.69) is 25.1 Å². The van der Waals surface area contributed by atoms with Gasteiger partial charge in [0.1, 0.15) is 5.82 Å². The van der Waals surface area contributed by atoms with Gasteiger partial charge in [0, 0.05) is 19.8 Å². The molecule has 28 heavy (non-hydrogen) atoms. The topological polar surface area (TPSA) is 112 Å². The number of benzene rings is 1. The van der Waals surface area contributed by atoms with Crippen LogP contribution in [0.25, 0.3) is 17.3 Å². The van der Waals surface area contributed by atoms with Crippen LogP contribution < -0.4 is 10.6 Å². The largest absolute Gasteiger partial charge is 0.461 e.